The standard InChI is InChI=1S/C16H23N3O2.ClH/c1-12(20)13-9-14(18(2)10-13)15(21)19-7-4-16(5-8-19)3-6-17-11-16;/h9-10,17H,3-8,11H2,1-2H3;1H. The third-order valence-electron chi connectivity index (χ3n) is 5.07. The SMILES string of the molecule is CC(=O)c1cc(C(=O)N2CCC3(CCNC3)CC2)n(C)c1.Cl. The van der Waals surface area contributed by atoms with E-state index in [9.17, 15) is 9.59 Å². The van der Waals surface area contributed by atoms with E-state index in [2.05, 4.69) is 5.32 Å². The number of halogens is 1. The van der Waals surface area contributed by atoms with Gasteiger partial charge in [-0.1, -0.05) is 0 Å². The molecular formula is C16H24ClN3O2. The van der Waals surface area contributed by atoms with Crippen molar-refractivity contribution in [3.8, 4) is 0 Å². The van der Waals surface area contributed by atoms with Crippen LogP contribution in [0.2, 0.25) is 0 Å². The Kier molecular flexibility index (Phi) is 4.97. The third-order valence-corrected chi connectivity index (χ3v) is 5.07. The smallest absolute Gasteiger partial charge is 0.270 e. The minimum absolute atomic E-state index is 0. The number of nitrogens with zero attached hydrogens (tertiary/aromatic N) is 2. The number of likely N-dealkylation sites (tertiary alicyclic amines) is 1. The fraction of sp³-hybridized carbons (Fsp3) is 0.625. The molecule has 122 valence electrons. The van der Waals surface area contributed by atoms with Gasteiger partial charge in [0.15, 0.2) is 5.78 Å². The zero-order valence-corrected chi connectivity index (χ0v) is 14.0. The van der Waals surface area contributed by atoms with E-state index in [1.807, 2.05) is 11.9 Å². The van der Waals surface area contributed by atoms with Gasteiger partial charge < -0.3 is 14.8 Å². The van der Waals surface area contributed by atoms with Crippen LogP contribution in [0.4, 0.5) is 0 Å². The highest BCUT2D eigenvalue weighted by Gasteiger charge is 2.38. The van der Waals surface area contributed by atoms with E-state index in [1.54, 1.807) is 16.8 Å². The number of carbonyl (C=O) groups excluding carboxylic acids is 2. The average molecular weight is 326 g/mol. The Balaban J connectivity index is 0.00000176. The summed E-state index contributed by atoms with van der Waals surface area (Å²) in [6, 6.07) is 1.71. The van der Waals surface area contributed by atoms with E-state index >= 15 is 0 Å². The van der Waals surface area contributed by atoms with Crippen LogP contribution in [0.25, 0.3) is 0 Å². The molecule has 3 heterocycles. The van der Waals surface area contributed by atoms with Crippen LogP contribution in [-0.2, 0) is 7.05 Å². The van der Waals surface area contributed by atoms with Gasteiger partial charge in [0.2, 0.25) is 0 Å². The molecule has 1 spiro atoms. The van der Waals surface area contributed by atoms with Gasteiger partial charge >= 0.3 is 0 Å². The lowest BCUT2D eigenvalue weighted by Gasteiger charge is -2.38. The zero-order chi connectivity index (χ0) is 15.0. The van der Waals surface area contributed by atoms with Crippen molar-refractivity contribution < 1.29 is 9.59 Å². The van der Waals surface area contributed by atoms with Crippen molar-refractivity contribution in [2.24, 2.45) is 12.5 Å². The van der Waals surface area contributed by atoms with Gasteiger partial charge in [0, 0.05) is 38.4 Å². The van der Waals surface area contributed by atoms with Gasteiger partial charge in [0.1, 0.15) is 5.69 Å². The first kappa shape index (κ1) is 17.0. The van der Waals surface area contributed by atoms with Gasteiger partial charge in [-0.2, -0.15) is 0 Å². The molecule has 1 aromatic rings. The quantitative estimate of drug-likeness (QED) is 0.845. The molecule has 0 atom stereocenters. The summed E-state index contributed by atoms with van der Waals surface area (Å²) in [5.41, 5.74) is 1.63. The van der Waals surface area contributed by atoms with Gasteiger partial charge in [-0.15, -0.1) is 12.4 Å². The molecular weight excluding hydrogens is 302 g/mol. The van der Waals surface area contributed by atoms with Crippen LogP contribution >= 0.6 is 12.4 Å². The van der Waals surface area contributed by atoms with Crippen molar-refractivity contribution in [1.29, 1.82) is 0 Å². The number of hydrogen-bond donors (Lipinski definition) is 1. The van der Waals surface area contributed by atoms with Crippen LogP contribution in [-0.4, -0.2) is 47.3 Å². The maximum absolute atomic E-state index is 12.6. The summed E-state index contributed by atoms with van der Waals surface area (Å²) in [5.74, 6) is 0.0464. The molecule has 2 saturated heterocycles. The lowest BCUT2D eigenvalue weighted by Crippen LogP contribution is -2.44. The fourth-order valence-corrected chi connectivity index (χ4v) is 3.54. The van der Waals surface area contributed by atoms with E-state index in [-0.39, 0.29) is 24.1 Å². The maximum atomic E-state index is 12.6. The highest BCUT2D eigenvalue weighted by Crippen LogP contribution is 2.37. The van der Waals surface area contributed by atoms with E-state index in [4.69, 9.17) is 0 Å². The monoisotopic (exact) mass is 325 g/mol. The number of piperidine rings is 1. The van der Waals surface area contributed by atoms with Crippen LogP contribution < -0.4 is 5.32 Å². The summed E-state index contributed by atoms with van der Waals surface area (Å²) in [4.78, 5) is 26.0. The minimum atomic E-state index is -0.000669. The molecule has 0 aromatic carbocycles. The predicted octanol–water partition coefficient (Wildman–Crippen LogP) is 1.87. The first-order chi connectivity index (χ1) is 10.0. The number of Topliss-reactive ketones (excluding diaryl/α,β-unsaturated/α-hetero) is 1. The summed E-state index contributed by atoms with van der Waals surface area (Å²) in [6.07, 6.45) is 5.13. The van der Waals surface area contributed by atoms with Gasteiger partial charge in [-0.25, -0.2) is 0 Å². The molecule has 0 radical (unpaired) electrons. The Morgan fingerprint density at radius 1 is 1.23 bits per heavy atom. The Bertz CT molecular complexity index is 566. The number of hydrogen-bond acceptors (Lipinski definition) is 3. The van der Waals surface area contributed by atoms with Gasteiger partial charge in [-0.3, -0.25) is 9.59 Å². The molecule has 0 unspecified atom stereocenters. The molecule has 0 saturated carbocycles. The number of aromatic nitrogens is 1. The molecule has 1 amide bonds. The van der Waals surface area contributed by atoms with E-state index in [0.717, 1.165) is 39.0 Å². The molecule has 6 heteroatoms. The van der Waals surface area contributed by atoms with Gasteiger partial charge in [0.25, 0.3) is 5.91 Å². The zero-order valence-electron chi connectivity index (χ0n) is 13.2. The van der Waals surface area contributed by atoms with Crippen LogP contribution in [0, 0.1) is 5.41 Å². The molecule has 22 heavy (non-hydrogen) atoms. The third kappa shape index (κ3) is 3.06. The molecule has 5 nitrogen and oxygen atoms in total. The Hall–Kier alpha value is -1.33. The predicted molar refractivity (Wildman–Crippen MR) is 87.7 cm³/mol. The summed E-state index contributed by atoms with van der Waals surface area (Å²) >= 11 is 0. The number of nitrogens with one attached hydrogen (secondary N) is 1. The second kappa shape index (κ2) is 6.42. The van der Waals surface area contributed by atoms with Crippen molar-refractivity contribution in [2.45, 2.75) is 26.2 Å². The Morgan fingerprint density at radius 2 is 1.91 bits per heavy atom. The lowest BCUT2D eigenvalue weighted by atomic mass is 9.78. The number of rotatable bonds is 2. The lowest BCUT2D eigenvalue weighted by molar-refractivity contribution is 0.0598. The normalized spacial score (nSPS) is 20.0. The van der Waals surface area contributed by atoms with Crippen LogP contribution in [0.15, 0.2) is 12.3 Å². The maximum Gasteiger partial charge on any atom is 0.270 e. The number of aryl methyl sites for hydroxylation is 1. The van der Waals surface area contributed by atoms with Gasteiger partial charge in [0.05, 0.1) is 0 Å². The van der Waals surface area contributed by atoms with Crippen LogP contribution in [0.5, 0.6) is 0 Å². The molecule has 1 N–H and O–H groups in total. The molecule has 0 bridgehead atoms. The second-order valence-electron chi connectivity index (χ2n) is 6.50. The van der Waals surface area contributed by atoms with Crippen molar-refractivity contribution in [2.75, 3.05) is 26.2 Å². The molecule has 3 rings (SSSR count). The number of carbonyl (C=O) groups is 2. The van der Waals surface area contributed by atoms with Crippen molar-refractivity contribution in [3.63, 3.8) is 0 Å². The largest absolute Gasteiger partial charge is 0.346 e. The second-order valence-corrected chi connectivity index (χ2v) is 6.50. The summed E-state index contributed by atoms with van der Waals surface area (Å²) in [6.45, 7) is 5.37. The number of ketones is 1. The molecule has 2 fully saturated rings. The van der Waals surface area contributed by atoms with E-state index in [0.29, 0.717) is 16.7 Å². The number of amides is 1. The molecule has 0 aliphatic carbocycles. The Labute approximate surface area is 137 Å². The minimum Gasteiger partial charge on any atom is -0.346 e. The molecule has 1 aromatic heterocycles. The highest BCUT2D eigenvalue weighted by atomic mass is 35.5. The topological polar surface area (TPSA) is 54.3 Å². The molecule has 2 aliphatic rings. The van der Waals surface area contributed by atoms with Crippen LogP contribution in [0.3, 0.4) is 0 Å². The van der Waals surface area contributed by atoms with E-state index in [1.165, 1.54) is 13.3 Å². The highest BCUT2D eigenvalue weighted by molar-refractivity contribution is 5.99. The van der Waals surface area contributed by atoms with Crippen LogP contribution in [0.1, 0.15) is 47.0 Å². The Morgan fingerprint density at radius 3 is 2.41 bits per heavy atom. The van der Waals surface area contributed by atoms with Crippen molar-refractivity contribution in [3.05, 3.63) is 23.5 Å². The average Bonchev–Trinajstić information content (AvgIpc) is 3.06. The first-order valence-electron chi connectivity index (χ1n) is 7.68. The van der Waals surface area contributed by atoms with Crippen molar-refractivity contribution in [1.82, 2.24) is 14.8 Å². The van der Waals surface area contributed by atoms with E-state index < -0.39 is 0 Å². The first-order valence-corrected chi connectivity index (χ1v) is 7.68. The summed E-state index contributed by atoms with van der Waals surface area (Å²) in [7, 11) is 1.83. The molecule has 2 aliphatic heterocycles. The summed E-state index contributed by atoms with van der Waals surface area (Å²) in [5, 5.41) is 3.44. The van der Waals surface area contributed by atoms with Gasteiger partial charge in [-0.05, 0) is 44.2 Å². The fourth-order valence-electron chi connectivity index (χ4n) is 3.54. The summed E-state index contributed by atoms with van der Waals surface area (Å²) < 4.78 is 1.76. The van der Waals surface area contributed by atoms with Crippen molar-refractivity contribution >= 4 is 24.1 Å².